The van der Waals surface area contributed by atoms with E-state index in [1.54, 1.807) is 0 Å². The molecule has 0 aromatic heterocycles. The van der Waals surface area contributed by atoms with E-state index in [0.29, 0.717) is 24.2 Å². The molecule has 0 saturated carbocycles. The highest BCUT2D eigenvalue weighted by molar-refractivity contribution is 5.55. The number of rotatable bonds is 1. The molecule has 0 unspecified atom stereocenters. The predicted molar refractivity (Wildman–Crippen MR) is 51.4 cm³/mol. The van der Waals surface area contributed by atoms with Gasteiger partial charge in [-0.3, -0.25) is 0 Å². The minimum absolute atomic E-state index is 0.328. The van der Waals surface area contributed by atoms with Gasteiger partial charge in [-0.25, -0.2) is 4.39 Å². The average Bonchev–Trinajstić information content (AvgIpc) is 2.11. The Balaban J connectivity index is 2.89. The maximum atomic E-state index is 12.7. The fourth-order valence-electron chi connectivity index (χ4n) is 0.867. The van der Waals surface area contributed by atoms with E-state index >= 15 is 0 Å². The summed E-state index contributed by atoms with van der Waals surface area (Å²) in [7, 11) is 0. The van der Waals surface area contributed by atoms with Crippen LogP contribution < -0.4 is 11.5 Å². The normalized spacial score (nSPS) is 9.08. The Hall–Kier alpha value is -1.53. The molecule has 0 fully saturated rings. The number of halogens is 1. The zero-order valence-electron chi connectivity index (χ0n) is 7.18. The molecule has 0 aliphatic rings. The van der Waals surface area contributed by atoms with Crippen LogP contribution in [0.15, 0.2) is 18.2 Å². The molecule has 0 heterocycles. The molecule has 1 aromatic rings. The lowest BCUT2D eigenvalue weighted by atomic mass is 10.2. The fraction of sp³-hybridized carbons (Fsp3) is 0.200. The lowest BCUT2D eigenvalue weighted by Crippen LogP contribution is -1.96. The van der Waals surface area contributed by atoms with Crippen molar-refractivity contribution in [3.8, 4) is 11.8 Å². The van der Waals surface area contributed by atoms with E-state index in [1.165, 1.54) is 18.2 Å². The molecule has 68 valence electrons. The van der Waals surface area contributed by atoms with Gasteiger partial charge in [0.05, 0.1) is 5.56 Å². The summed E-state index contributed by atoms with van der Waals surface area (Å²) < 4.78 is 12.7. The van der Waals surface area contributed by atoms with E-state index in [-0.39, 0.29) is 5.82 Å². The van der Waals surface area contributed by atoms with Gasteiger partial charge in [0, 0.05) is 18.7 Å². The third-order valence-electron chi connectivity index (χ3n) is 1.51. The summed E-state index contributed by atoms with van der Waals surface area (Å²) in [5, 5.41) is 0. The molecule has 0 bridgehead atoms. The summed E-state index contributed by atoms with van der Waals surface area (Å²) in [6.45, 7) is 0.502. The first kappa shape index (κ1) is 9.56. The van der Waals surface area contributed by atoms with Crippen molar-refractivity contribution in [1.29, 1.82) is 0 Å². The van der Waals surface area contributed by atoms with Crippen molar-refractivity contribution in [2.24, 2.45) is 5.73 Å². The summed E-state index contributed by atoms with van der Waals surface area (Å²) in [5.74, 6) is 5.23. The van der Waals surface area contributed by atoms with Crippen LogP contribution in [-0.4, -0.2) is 6.54 Å². The first-order valence-electron chi connectivity index (χ1n) is 3.98. The Morgan fingerprint density at radius 3 is 2.85 bits per heavy atom. The van der Waals surface area contributed by atoms with E-state index in [0.717, 1.165) is 0 Å². The highest BCUT2D eigenvalue weighted by Gasteiger charge is 1.96. The van der Waals surface area contributed by atoms with Gasteiger partial charge in [-0.15, -0.1) is 0 Å². The molecule has 2 nitrogen and oxygen atoms in total. The summed E-state index contributed by atoms with van der Waals surface area (Å²) in [5.41, 5.74) is 11.8. The number of nitrogen functional groups attached to an aromatic ring is 1. The van der Waals surface area contributed by atoms with Crippen molar-refractivity contribution in [2.45, 2.75) is 6.42 Å². The molecular weight excluding hydrogens is 167 g/mol. The van der Waals surface area contributed by atoms with Crippen molar-refractivity contribution in [2.75, 3.05) is 12.3 Å². The van der Waals surface area contributed by atoms with Gasteiger partial charge in [0.15, 0.2) is 0 Å². The number of hydrogen-bond acceptors (Lipinski definition) is 2. The molecule has 0 radical (unpaired) electrons. The van der Waals surface area contributed by atoms with E-state index in [4.69, 9.17) is 11.5 Å². The second-order valence-electron chi connectivity index (χ2n) is 2.57. The smallest absolute Gasteiger partial charge is 0.124 e. The fourth-order valence-corrected chi connectivity index (χ4v) is 0.867. The highest BCUT2D eigenvalue weighted by atomic mass is 19.1. The molecule has 0 aliphatic heterocycles. The maximum Gasteiger partial charge on any atom is 0.124 e. The SMILES string of the molecule is NCCC#Cc1cc(F)ccc1N. The highest BCUT2D eigenvalue weighted by Crippen LogP contribution is 2.11. The molecular formula is C10H11FN2. The minimum Gasteiger partial charge on any atom is -0.398 e. The number of anilines is 1. The molecule has 0 atom stereocenters. The van der Waals surface area contributed by atoms with Gasteiger partial charge >= 0.3 is 0 Å². The van der Waals surface area contributed by atoms with Crippen molar-refractivity contribution >= 4 is 5.69 Å². The van der Waals surface area contributed by atoms with Gasteiger partial charge in [0.2, 0.25) is 0 Å². The minimum atomic E-state index is -0.328. The third-order valence-corrected chi connectivity index (χ3v) is 1.51. The van der Waals surface area contributed by atoms with Gasteiger partial charge in [0.1, 0.15) is 5.82 Å². The lowest BCUT2D eigenvalue weighted by Gasteiger charge is -1.96. The molecule has 13 heavy (non-hydrogen) atoms. The number of hydrogen-bond donors (Lipinski definition) is 2. The Morgan fingerprint density at radius 1 is 1.38 bits per heavy atom. The molecule has 0 saturated heterocycles. The van der Waals surface area contributed by atoms with Gasteiger partial charge in [-0.1, -0.05) is 11.8 Å². The van der Waals surface area contributed by atoms with Crippen LogP contribution in [0.5, 0.6) is 0 Å². The van der Waals surface area contributed by atoms with Crippen LogP contribution >= 0.6 is 0 Å². The zero-order valence-corrected chi connectivity index (χ0v) is 7.18. The molecule has 1 aromatic carbocycles. The first-order valence-corrected chi connectivity index (χ1v) is 3.98. The Morgan fingerprint density at radius 2 is 2.15 bits per heavy atom. The third kappa shape index (κ3) is 2.77. The van der Waals surface area contributed by atoms with Crippen LogP contribution in [0.25, 0.3) is 0 Å². The quantitative estimate of drug-likeness (QED) is 0.500. The van der Waals surface area contributed by atoms with Crippen molar-refractivity contribution in [1.82, 2.24) is 0 Å². The number of nitrogens with two attached hydrogens (primary N) is 2. The largest absolute Gasteiger partial charge is 0.398 e. The van der Waals surface area contributed by atoms with Crippen LogP contribution in [0.2, 0.25) is 0 Å². The standard InChI is InChI=1S/C10H11FN2/c11-9-4-5-10(13)8(7-9)3-1-2-6-12/h4-5,7H,2,6,12-13H2. The summed E-state index contributed by atoms with van der Waals surface area (Å²) in [4.78, 5) is 0. The molecule has 1 rings (SSSR count). The van der Waals surface area contributed by atoms with Crippen LogP contribution in [0.3, 0.4) is 0 Å². The van der Waals surface area contributed by atoms with E-state index in [2.05, 4.69) is 11.8 Å². The van der Waals surface area contributed by atoms with Crippen molar-refractivity contribution in [3.05, 3.63) is 29.6 Å². The topological polar surface area (TPSA) is 52.0 Å². The first-order chi connectivity index (χ1) is 6.24. The average molecular weight is 178 g/mol. The summed E-state index contributed by atoms with van der Waals surface area (Å²) in [6.07, 6.45) is 0.593. The van der Waals surface area contributed by atoms with E-state index in [9.17, 15) is 4.39 Å². The molecule has 0 amide bonds. The van der Waals surface area contributed by atoms with Crippen LogP contribution in [0.1, 0.15) is 12.0 Å². The molecule has 0 spiro atoms. The second kappa shape index (κ2) is 4.48. The van der Waals surface area contributed by atoms with Gasteiger partial charge in [-0.05, 0) is 18.2 Å². The Bertz CT molecular complexity index is 350. The maximum absolute atomic E-state index is 12.7. The zero-order chi connectivity index (χ0) is 9.68. The summed E-state index contributed by atoms with van der Waals surface area (Å²) >= 11 is 0. The van der Waals surface area contributed by atoms with Crippen LogP contribution in [0, 0.1) is 17.7 Å². The second-order valence-corrected chi connectivity index (χ2v) is 2.57. The van der Waals surface area contributed by atoms with Crippen molar-refractivity contribution in [3.63, 3.8) is 0 Å². The van der Waals surface area contributed by atoms with E-state index < -0.39 is 0 Å². The monoisotopic (exact) mass is 178 g/mol. The molecule has 3 heteroatoms. The lowest BCUT2D eigenvalue weighted by molar-refractivity contribution is 0.627. The van der Waals surface area contributed by atoms with Crippen LogP contribution in [0.4, 0.5) is 10.1 Å². The van der Waals surface area contributed by atoms with Gasteiger partial charge < -0.3 is 11.5 Å². The van der Waals surface area contributed by atoms with E-state index in [1.807, 2.05) is 0 Å². The van der Waals surface area contributed by atoms with Crippen LogP contribution in [-0.2, 0) is 0 Å². The van der Waals surface area contributed by atoms with Gasteiger partial charge in [0.25, 0.3) is 0 Å². The molecule has 0 aliphatic carbocycles. The Labute approximate surface area is 76.7 Å². The van der Waals surface area contributed by atoms with Crippen molar-refractivity contribution < 1.29 is 4.39 Å². The van der Waals surface area contributed by atoms with Gasteiger partial charge in [-0.2, -0.15) is 0 Å². The summed E-state index contributed by atoms with van der Waals surface area (Å²) in [6, 6.07) is 4.13. The number of benzene rings is 1. The molecule has 4 N–H and O–H groups in total. The predicted octanol–water partition coefficient (Wildman–Crippen LogP) is 1.11. The Kier molecular flexibility index (Phi) is 3.30.